The smallest absolute Gasteiger partial charge is 0.253 e. The normalized spacial score (nSPS) is 18.4. The van der Waals surface area contributed by atoms with Crippen LogP contribution in [0.25, 0.3) is 0 Å². The number of sulfonamides is 1. The quantitative estimate of drug-likeness (QED) is 0.764. The summed E-state index contributed by atoms with van der Waals surface area (Å²) in [4.78, 5) is 30.2. The third-order valence-electron chi connectivity index (χ3n) is 5.87. The molecule has 0 saturated carbocycles. The molecule has 4 rings (SSSR count). The lowest BCUT2D eigenvalue weighted by Crippen LogP contribution is -2.46. The highest BCUT2D eigenvalue weighted by Gasteiger charge is 2.31. The molecule has 3 heterocycles. The molecule has 2 saturated heterocycles. The summed E-state index contributed by atoms with van der Waals surface area (Å²) in [7, 11) is -3.64. The Labute approximate surface area is 182 Å². The minimum absolute atomic E-state index is 0.0745. The highest BCUT2D eigenvalue weighted by molar-refractivity contribution is 7.89. The largest absolute Gasteiger partial charge is 0.349 e. The summed E-state index contributed by atoms with van der Waals surface area (Å²) in [6.07, 6.45) is 5.57. The molecule has 2 aliphatic heterocycles. The minimum Gasteiger partial charge on any atom is -0.349 e. The molecule has 9 heteroatoms. The summed E-state index contributed by atoms with van der Waals surface area (Å²) >= 11 is 0. The number of aromatic nitrogens is 1. The summed E-state index contributed by atoms with van der Waals surface area (Å²) < 4.78 is 27.9. The second-order valence-corrected chi connectivity index (χ2v) is 9.90. The Morgan fingerprint density at radius 3 is 2.55 bits per heavy atom. The Bertz CT molecular complexity index is 1080. The number of carbonyl (C=O) groups is 2. The van der Waals surface area contributed by atoms with Gasteiger partial charge in [0.2, 0.25) is 15.9 Å². The molecule has 2 fully saturated rings. The summed E-state index contributed by atoms with van der Waals surface area (Å²) in [5, 5.41) is 2.96. The number of amides is 2. The summed E-state index contributed by atoms with van der Waals surface area (Å²) in [5.41, 5.74) is 1.87. The van der Waals surface area contributed by atoms with Crippen molar-refractivity contribution in [3.63, 3.8) is 0 Å². The van der Waals surface area contributed by atoms with Gasteiger partial charge in [-0.25, -0.2) is 8.42 Å². The van der Waals surface area contributed by atoms with Gasteiger partial charge in [-0.3, -0.25) is 14.6 Å². The predicted molar refractivity (Wildman–Crippen MR) is 116 cm³/mol. The first-order valence-corrected chi connectivity index (χ1v) is 11.9. The maximum atomic E-state index is 13.2. The molecule has 1 aromatic carbocycles. The number of anilines is 1. The molecule has 0 aliphatic carbocycles. The van der Waals surface area contributed by atoms with Crippen molar-refractivity contribution in [3.05, 3.63) is 53.9 Å². The standard InChI is InChI=1S/C22H26N4O4S/c1-16-14-19(26-11-3-5-21(26)27)6-7-20(16)31(29,30)25-12-8-18(9-13-25)24-22(28)17-4-2-10-23-15-17/h2,4,6-7,10,14-15,18H,3,5,8-9,11-13H2,1H3,(H,24,28). The Kier molecular flexibility index (Phi) is 6.06. The highest BCUT2D eigenvalue weighted by Crippen LogP contribution is 2.29. The van der Waals surface area contributed by atoms with Crippen LogP contribution in [0.15, 0.2) is 47.6 Å². The Morgan fingerprint density at radius 1 is 1.16 bits per heavy atom. The number of piperidine rings is 1. The number of hydrogen-bond donors (Lipinski definition) is 1. The van der Waals surface area contributed by atoms with Crippen LogP contribution in [-0.2, 0) is 14.8 Å². The second kappa shape index (κ2) is 8.76. The number of aryl methyl sites for hydroxylation is 1. The van der Waals surface area contributed by atoms with Crippen molar-refractivity contribution in [1.82, 2.24) is 14.6 Å². The Balaban J connectivity index is 1.41. The van der Waals surface area contributed by atoms with E-state index >= 15 is 0 Å². The van der Waals surface area contributed by atoms with E-state index in [1.54, 1.807) is 48.4 Å². The van der Waals surface area contributed by atoms with E-state index in [4.69, 9.17) is 0 Å². The van der Waals surface area contributed by atoms with Gasteiger partial charge >= 0.3 is 0 Å². The van der Waals surface area contributed by atoms with E-state index < -0.39 is 10.0 Å². The van der Waals surface area contributed by atoms with E-state index in [1.165, 1.54) is 10.5 Å². The molecule has 0 spiro atoms. The Morgan fingerprint density at radius 2 is 1.94 bits per heavy atom. The lowest BCUT2D eigenvalue weighted by Gasteiger charge is -2.32. The number of carbonyl (C=O) groups excluding carboxylic acids is 2. The van der Waals surface area contributed by atoms with Crippen LogP contribution in [0.4, 0.5) is 5.69 Å². The van der Waals surface area contributed by atoms with Crippen LogP contribution < -0.4 is 10.2 Å². The summed E-state index contributed by atoms with van der Waals surface area (Å²) in [6, 6.07) is 8.41. The summed E-state index contributed by atoms with van der Waals surface area (Å²) in [5.74, 6) is -0.122. The minimum atomic E-state index is -3.64. The van der Waals surface area contributed by atoms with Gasteiger partial charge in [0.1, 0.15) is 0 Å². The maximum absolute atomic E-state index is 13.2. The molecule has 31 heavy (non-hydrogen) atoms. The van der Waals surface area contributed by atoms with Gasteiger partial charge in [0.05, 0.1) is 10.5 Å². The van der Waals surface area contributed by atoms with Crippen molar-refractivity contribution in [2.75, 3.05) is 24.5 Å². The fourth-order valence-corrected chi connectivity index (χ4v) is 5.83. The molecule has 8 nitrogen and oxygen atoms in total. The number of nitrogens with zero attached hydrogens (tertiary/aromatic N) is 3. The van der Waals surface area contributed by atoms with Crippen LogP contribution >= 0.6 is 0 Å². The zero-order chi connectivity index (χ0) is 22.0. The fourth-order valence-electron chi connectivity index (χ4n) is 4.16. The third kappa shape index (κ3) is 4.47. The highest BCUT2D eigenvalue weighted by atomic mass is 32.2. The third-order valence-corrected chi connectivity index (χ3v) is 7.93. The molecule has 1 aromatic heterocycles. The van der Waals surface area contributed by atoms with Crippen LogP contribution in [0.2, 0.25) is 0 Å². The second-order valence-electron chi connectivity index (χ2n) is 7.99. The van der Waals surface area contributed by atoms with Crippen LogP contribution in [0.3, 0.4) is 0 Å². The number of pyridine rings is 1. The lowest BCUT2D eigenvalue weighted by molar-refractivity contribution is -0.117. The molecule has 1 N–H and O–H groups in total. The van der Waals surface area contributed by atoms with Gasteiger partial charge in [-0.1, -0.05) is 0 Å². The average Bonchev–Trinajstić information content (AvgIpc) is 3.20. The molecule has 2 aliphatic rings. The molecule has 2 aromatic rings. The van der Waals surface area contributed by atoms with E-state index in [9.17, 15) is 18.0 Å². The van der Waals surface area contributed by atoms with Gasteiger partial charge in [-0.15, -0.1) is 0 Å². The van der Waals surface area contributed by atoms with E-state index in [1.807, 2.05) is 0 Å². The van der Waals surface area contributed by atoms with Crippen LogP contribution in [0, 0.1) is 6.92 Å². The van der Waals surface area contributed by atoms with Gasteiger partial charge in [-0.2, -0.15) is 4.31 Å². The molecule has 2 amide bonds. The first-order valence-electron chi connectivity index (χ1n) is 10.5. The van der Waals surface area contributed by atoms with Crippen molar-refractivity contribution in [2.24, 2.45) is 0 Å². The van der Waals surface area contributed by atoms with Crippen molar-refractivity contribution in [1.29, 1.82) is 0 Å². The molecule has 0 atom stereocenters. The van der Waals surface area contributed by atoms with Crippen molar-refractivity contribution >= 4 is 27.5 Å². The predicted octanol–water partition coefficient (Wildman–Crippen LogP) is 2.10. The first kappa shape index (κ1) is 21.5. The van der Waals surface area contributed by atoms with Gasteiger partial charge in [0, 0.05) is 50.2 Å². The SMILES string of the molecule is Cc1cc(N2CCCC2=O)ccc1S(=O)(=O)N1CCC(NC(=O)c2cccnc2)CC1. The van der Waals surface area contributed by atoms with E-state index in [0.717, 1.165) is 12.1 Å². The average molecular weight is 443 g/mol. The zero-order valence-corrected chi connectivity index (χ0v) is 18.3. The van der Waals surface area contributed by atoms with Gasteiger partial charge in [-0.05, 0) is 62.1 Å². The number of rotatable bonds is 5. The number of benzene rings is 1. The number of nitrogens with one attached hydrogen (secondary N) is 1. The van der Waals surface area contributed by atoms with Gasteiger partial charge in [0.15, 0.2) is 0 Å². The zero-order valence-electron chi connectivity index (χ0n) is 17.5. The molecule has 0 bridgehead atoms. The fraction of sp³-hybridized carbons (Fsp3) is 0.409. The van der Waals surface area contributed by atoms with Gasteiger partial charge < -0.3 is 10.2 Å². The molecule has 164 valence electrons. The Hall–Kier alpha value is -2.78. The number of hydrogen-bond acceptors (Lipinski definition) is 5. The van der Waals surface area contributed by atoms with Gasteiger partial charge in [0.25, 0.3) is 5.91 Å². The molecular weight excluding hydrogens is 416 g/mol. The van der Waals surface area contributed by atoms with E-state index in [2.05, 4.69) is 10.3 Å². The van der Waals surface area contributed by atoms with E-state index in [-0.39, 0.29) is 22.8 Å². The maximum Gasteiger partial charge on any atom is 0.253 e. The van der Waals surface area contributed by atoms with Crippen LogP contribution in [-0.4, -0.2) is 55.2 Å². The molecule has 0 radical (unpaired) electrons. The molecule has 0 unspecified atom stereocenters. The first-order chi connectivity index (χ1) is 14.9. The lowest BCUT2D eigenvalue weighted by atomic mass is 10.1. The van der Waals surface area contributed by atoms with Crippen LogP contribution in [0.5, 0.6) is 0 Å². The monoisotopic (exact) mass is 442 g/mol. The summed E-state index contributed by atoms with van der Waals surface area (Å²) in [6.45, 7) is 3.11. The van der Waals surface area contributed by atoms with Crippen molar-refractivity contribution in [3.8, 4) is 0 Å². The topological polar surface area (TPSA) is 99.7 Å². The molecular formula is C22H26N4O4S. The van der Waals surface area contributed by atoms with Crippen molar-refractivity contribution < 1.29 is 18.0 Å². The van der Waals surface area contributed by atoms with Crippen molar-refractivity contribution in [2.45, 2.75) is 43.5 Å². The van der Waals surface area contributed by atoms with Crippen LogP contribution in [0.1, 0.15) is 41.6 Å². The van der Waals surface area contributed by atoms with E-state index in [0.29, 0.717) is 50.0 Å².